The van der Waals surface area contributed by atoms with Crippen LogP contribution in [0.15, 0.2) is 77.3 Å². The summed E-state index contributed by atoms with van der Waals surface area (Å²) < 4.78 is 77.8. The van der Waals surface area contributed by atoms with Crippen molar-refractivity contribution >= 4 is 21.9 Å². The Balaban J connectivity index is 1.81. The van der Waals surface area contributed by atoms with E-state index in [1.165, 1.54) is 6.07 Å². The lowest BCUT2D eigenvalue weighted by molar-refractivity contribution is 0.667. The first-order chi connectivity index (χ1) is 17.3. The van der Waals surface area contributed by atoms with Crippen LogP contribution in [0.5, 0.6) is 0 Å². The Labute approximate surface area is 177 Å². The SMILES string of the molecule is [2H]C([2H])([2H])c1cnc(-c2cccc3c2oc2c(C([2H])([2H])[2H])c(-c4ccccc4)ccc23)cc1C([2H])([2H])[2H]. The number of benzene rings is 3. The Hall–Kier alpha value is -3.39. The van der Waals surface area contributed by atoms with Crippen molar-refractivity contribution < 1.29 is 16.8 Å². The van der Waals surface area contributed by atoms with E-state index in [1.807, 2.05) is 36.4 Å². The normalized spacial score (nSPS) is 17.5. The number of aromatic nitrogens is 1. The van der Waals surface area contributed by atoms with Gasteiger partial charge in [0.25, 0.3) is 0 Å². The van der Waals surface area contributed by atoms with Crippen LogP contribution in [0.2, 0.25) is 0 Å². The van der Waals surface area contributed by atoms with E-state index in [2.05, 4.69) is 4.98 Å². The summed E-state index contributed by atoms with van der Waals surface area (Å²) in [5.41, 5.74) is 1.85. The number of pyridine rings is 1. The molecular formula is C26H21NO. The maximum atomic E-state index is 8.26. The van der Waals surface area contributed by atoms with Crippen molar-refractivity contribution in [2.75, 3.05) is 0 Å². The smallest absolute Gasteiger partial charge is 0.144 e. The van der Waals surface area contributed by atoms with Crippen LogP contribution in [0.25, 0.3) is 44.3 Å². The zero-order valence-corrected chi connectivity index (χ0v) is 14.8. The third-order valence-corrected chi connectivity index (χ3v) is 4.93. The van der Waals surface area contributed by atoms with Gasteiger partial charge in [0.05, 0.1) is 5.69 Å². The van der Waals surface area contributed by atoms with Gasteiger partial charge < -0.3 is 4.42 Å². The van der Waals surface area contributed by atoms with Crippen molar-refractivity contribution in [3.8, 4) is 22.4 Å². The summed E-state index contributed by atoms with van der Waals surface area (Å²) in [6, 6.07) is 19.2. The first-order valence-electron chi connectivity index (χ1n) is 13.3. The van der Waals surface area contributed by atoms with Crippen LogP contribution in [0.3, 0.4) is 0 Å². The Kier molecular flexibility index (Phi) is 2.20. The monoisotopic (exact) mass is 372 g/mol. The van der Waals surface area contributed by atoms with Gasteiger partial charge in [0.15, 0.2) is 0 Å². The second-order valence-corrected chi connectivity index (χ2v) is 6.63. The number of hydrogen-bond acceptors (Lipinski definition) is 2. The van der Waals surface area contributed by atoms with E-state index in [0.29, 0.717) is 27.5 Å². The van der Waals surface area contributed by atoms with E-state index >= 15 is 0 Å². The topological polar surface area (TPSA) is 26.0 Å². The number of para-hydroxylation sites is 1. The number of aryl methyl sites for hydroxylation is 3. The fourth-order valence-electron chi connectivity index (χ4n) is 3.52. The second-order valence-electron chi connectivity index (χ2n) is 6.63. The zero-order chi connectivity index (χ0) is 26.8. The third kappa shape index (κ3) is 2.53. The van der Waals surface area contributed by atoms with E-state index in [4.69, 9.17) is 16.8 Å². The summed E-state index contributed by atoms with van der Waals surface area (Å²) in [6.07, 6.45) is 1.06. The lowest BCUT2D eigenvalue weighted by Crippen LogP contribution is -1.88. The van der Waals surface area contributed by atoms with Gasteiger partial charge in [-0.25, -0.2) is 0 Å². The van der Waals surface area contributed by atoms with E-state index in [-0.39, 0.29) is 28.0 Å². The minimum Gasteiger partial charge on any atom is -0.455 e. The van der Waals surface area contributed by atoms with E-state index in [0.717, 1.165) is 11.8 Å². The summed E-state index contributed by atoms with van der Waals surface area (Å²) in [7, 11) is 0. The van der Waals surface area contributed by atoms with Crippen LogP contribution in [0, 0.1) is 20.6 Å². The van der Waals surface area contributed by atoms with E-state index in [1.54, 1.807) is 24.3 Å². The molecule has 2 heteroatoms. The molecule has 3 aromatic carbocycles. The van der Waals surface area contributed by atoms with Crippen molar-refractivity contribution in [1.29, 1.82) is 0 Å². The van der Waals surface area contributed by atoms with Gasteiger partial charge in [-0.3, -0.25) is 4.98 Å². The molecule has 0 bridgehead atoms. The molecule has 2 nitrogen and oxygen atoms in total. The van der Waals surface area contributed by atoms with Crippen LogP contribution in [0.1, 0.15) is 29.0 Å². The summed E-state index contributed by atoms with van der Waals surface area (Å²) in [4.78, 5) is 4.27. The van der Waals surface area contributed by atoms with Crippen LogP contribution < -0.4 is 0 Å². The molecule has 0 unspecified atom stereocenters. The van der Waals surface area contributed by atoms with Gasteiger partial charge >= 0.3 is 0 Å². The van der Waals surface area contributed by atoms with Crippen molar-refractivity contribution in [3.63, 3.8) is 0 Å². The maximum Gasteiger partial charge on any atom is 0.144 e. The second kappa shape index (κ2) is 6.35. The average molecular weight is 373 g/mol. The lowest BCUT2D eigenvalue weighted by atomic mass is 9.97. The Morgan fingerprint density at radius 2 is 1.61 bits per heavy atom. The quantitative estimate of drug-likeness (QED) is 0.326. The van der Waals surface area contributed by atoms with Crippen LogP contribution in [0.4, 0.5) is 0 Å². The Morgan fingerprint density at radius 1 is 0.750 bits per heavy atom. The van der Waals surface area contributed by atoms with Crippen LogP contribution in [-0.2, 0) is 0 Å². The molecule has 2 aromatic heterocycles. The fraction of sp³-hybridized carbons (Fsp3) is 0.115. The lowest BCUT2D eigenvalue weighted by Gasteiger charge is -2.06. The number of fused-ring (bicyclic) bond motifs is 3. The molecule has 0 aliphatic rings. The molecule has 0 aliphatic carbocycles. The molecule has 0 spiro atoms. The predicted octanol–water partition coefficient (Wildman–Crippen LogP) is 7.24. The van der Waals surface area contributed by atoms with Gasteiger partial charge in [-0.15, -0.1) is 0 Å². The summed E-state index contributed by atoms with van der Waals surface area (Å²) in [5.74, 6) is 0. The van der Waals surface area contributed by atoms with Gasteiger partial charge in [-0.05, 0) is 61.0 Å². The molecule has 0 atom stereocenters. The zero-order valence-electron chi connectivity index (χ0n) is 23.8. The van der Waals surface area contributed by atoms with Gasteiger partial charge in [0.1, 0.15) is 11.2 Å². The van der Waals surface area contributed by atoms with Gasteiger partial charge in [0.2, 0.25) is 0 Å². The van der Waals surface area contributed by atoms with Gasteiger partial charge in [-0.2, -0.15) is 0 Å². The number of rotatable bonds is 2. The summed E-state index contributed by atoms with van der Waals surface area (Å²) >= 11 is 0. The molecule has 0 saturated carbocycles. The largest absolute Gasteiger partial charge is 0.455 e. The number of furan rings is 1. The molecule has 0 saturated heterocycles. The highest BCUT2D eigenvalue weighted by atomic mass is 16.3. The van der Waals surface area contributed by atoms with Crippen molar-refractivity contribution in [2.45, 2.75) is 20.6 Å². The number of nitrogens with zero attached hydrogens (tertiary/aromatic N) is 1. The van der Waals surface area contributed by atoms with E-state index < -0.39 is 20.6 Å². The van der Waals surface area contributed by atoms with Crippen LogP contribution in [-0.4, -0.2) is 4.98 Å². The molecule has 28 heavy (non-hydrogen) atoms. The minimum atomic E-state index is -2.68. The van der Waals surface area contributed by atoms with Crippen molar-refractivity contribution in [1.82, 2.24) is 4.98 Å². The number of hydrogen-bond donors (Lipinski definition) is 0. The van der Waals surface area contributed by atoms with E-state index in [9.17, 15) is 0 Å². The minimum absolute atomic E-state index is 0.0761. The standard InChI is InChI=1S/C26H21NO/c1-16-14-24(27-15-17(16)2)23-11-7-10-21-22-13-12-20(19-8-5-4-6-9-19)18(3)25(22)28-26(21)23/h4-15H,1-3H3/i1D3,2D3,3D3. The fourth-order valence-corrected chi connectivity index (χ4v) is 3.52. The summed E-state index contributed by atoms with van der Waals surface area (Å²) in [6.45, 7) is -7.81. The first-order valence-corrected chi connectivity index (χ1v) is 8.82. The Bertz CT molecular complexity index is 1630. The molecule has 136 valence electrons. The van der Waals surface area contributed by atoms with Gasteiger partial charge in [0, 0.05) is 40.4 Å². The summed E-state index contributed by atoms with van der Waals surface area (Å²) in [5, 5.41) is 1.23. The molecule has 5 rings (SSSR count). The average Bonchev–Trinajstić information content (AvgIpc) is 3.20. The molecule has 0 aliphatic heterocycles. The van der Waals surface area contributed by atoms with Crippen molar-refractivity contribution in [3.05, 3.63) is 89.6 Å². The molecule has 2 heterocycles. The highest BCUT2D eigenvalue weighted by molar-refractivity contribution is 6.11. The first kappa shape index (κ1) is 9.70. The molecule has 0 amide bonds. The van der Waals surface area contributed by atoms with Gasteiger partial charge in [-0.1, -0.05) is 48.5 Å². The predicted molar refractivity (Wildman–Crippen MR) is 117 cm³/mol. The van der Waals surface area contributed by atoms with Crippen molar-refractivity contribution in [2.24, 2.45) is 0 Å². The molecule has 0 N–H and O–H groups in total. The molecule has 5 aromatic rings. The third-order valence-electron chi connectivity index (χ3n) is 4.93. The maximum absolute atomic E-state index is 8.26. The highest BCUT2D eigenvalue weighted by Gasteiger charge is 2.16. The Morgan fingerprint density at radius 3 is 2.43 bits per heavy atom. The molecule has 0 fully saturated rings. The molecule has 0 radical (unpaired) electrons. The highest BCUT2D eigenvalue weighted by Crippen LogP contribution is 2.39. The van der Waals surface area contributed by atoms with Crippen LogP contribution >= 0.6 is 0 Å². The molecular weight excluding hydrogens is 342 g/mol.